The molecular weight excluding hydrogens is 424 g/mol. The minimum Gasteiger partial charge on any atom is -0.407 e. The Balaban J connectivity index is 1.38. The lowest BCUT2D eigenvalue weighted by Crippen LogP contribution is -2.66. The van der Waals surface area contributed by atoms with Crippen molar-refractivity contribution in [2.75, 3.05) is 13.2 Å². The molecule has 0 aromatic heterocycles. The zero-order valence-corrected chi connectivity index (χ0v) is 21.1. The van der Waals surface area contributed by atoms with Gasteiger partial charge in [-0.1, -0.05) is 112 Å². The maximum Gasteiger partial charge on any atom is 0.261 e. The van der Waals surface area contributed by atoms with Crippen LogP contribution in [0.1, 0.15) is 51.9 Å². The number of rotatable bonds is 9. The van der Waals surface area contributed by atoms with Gasteiger partial charge in [-0.3, -0.25) is 0 Å². The molecule has 0 N–H and O–H groups in total. The van der Waals surface area contributed by atoms with Crippen molar-refractivity contribution in [1.82, 2.24) is 0 Å². The van der Waals surface area contributed by atoms with Crippen molar-refractivity contribution in [2.24, 2.45) is 0 Å². The molecule has 1 aliphatic rings. The lowest BCUT2D eigenvalue weighted by atomic mass is 10.2. The van der Waals surface area contributed by atoms with Gasteiger partial charge in [0, 0.05) is 12.2 Å². The average Bonchev–Trinajstić information content (AvgIpc) is 3.31. The van der Waals surface area contributed by atoms with E-state index in [1.54, 1.807) is 0 Å². The Labute approximate surface area is 199 Å². The SMILES string of the molecule is CC(C)(C)[Si](OCCCCC1COC(c2ccccc2)O1)(c1ccccc1)c1ccccc1. The second kappa shape index (κ2) is 10.8. The van der Waals surface area contributed by atoms with Gasteiger partial charge in [0.2, 0.25) is 0 Å². The Morgan fingerprint density at radius 3 is 1.88 bits per heavy atom. The first-order valence-electron chi connectivity index (χ1n) is 12.1. The van der Waals surface area contributed by atoms with E-state index in [9.17, 15) is 0 Å². The zero-order chi connectivity index (χ0) is 23.2. The molecule has 4 heteroatoms. The van der Waals surface area contributed by atoms with E-state index in [0.29, 0.717) is 6.61 Å². The molecular formula is C29H36O3Si. The molecule has 0 aliphatic carbocycles. The number of hydrogen-bond donors (Lipinski definition) is 0. The molecule has 2 unspecified atom stereocenters. The molecule has 0 bridgehead atoms. The molecule has 3 aromatic carbocycles. The van der Waals surface area contributed by atoms with Crippen LogP contribution >= 0.6 is 0 Å². The van der Waals surface area contributed by atoms with Crippen LogP contribution in [-0.4, -0.2) is 27.6 Å². The van der Waals surface area contributed by atoms with Gasteiger partial charge in [-0.2, -0.15) is 0 Å². The van der Waals surface area contributed by atoms with Gasteiger partial charge in [0.05, 0.1) is 12.7 Å². The Morgan fingerprint density at radius 1 is 0.788 bits per heavy atom. The van der Waals surface area contributed by atoms with E-state index in [1.165, 1.54) is 10.4 Å². The monoisotopic (exact) mass is 460 g/mol. The van der Waals surface area contributed by atoms with Crippen molar-refractivity contribution < 1.29 is 13.9 Å². The van der Waals surface area contributed by atoms with E-state index in [-0.39, 0.29) is 17.4 Å². The Kier molecular flexibility index (Phi) is 7.81. The van der Waals surface area contributed by atoms with Crippen LogP contribution in [0.15, 0.2) is 91.0 Å². The van der Waals surface area contributed by atoms with Gasteiger partial charge in [0.25, 0.3) is 8.32 Å². The summed E-state index contributed by atoms with van der Waals surface area (Å²) < 4.78 is 19.0. The van der Waals surface area contributed by atoms with Crippen LogP contribution in [0.2, 0.25) is 5.04 Å². The molecule has 4 rings (SSSR count). The summed E-state index contributed by atoms with van der Waals surface area (Å²) >= 11 is 0. The molecule has 0 amide bonds. The van der Waals surface area contributed by atoms with Gasteiger partial charge in [-0.15, -0.1) is 0 Å². The Morgan fingerprint density at radius 2 is 1.33 bits per heavy atom. The quantitative estimate of drug-likeness (QED) is 0.296. The third kappa shape index (κ3) is 5.47. The standard InChI is InChI=1S/C29H36O3Si/c1-29(2,3)33(26-18-9-5-10-19-26,27-20-11-6-12-21-27)31-22-14-13-17-25-23-30-28(32-25)24-15-7-4-8-16-24/h4-12,15-16,18-21,25,28H,13-14,17,22-23H2,1-3H3. The van der Waals surface area contributed by atoms with Crippen molar-refractivity contribution in [1.29, 1.82) is 0 Å². The fraction of sp³-hybridized carbons (Fsp3) is 0.379. The second-order valence-corrected chi connectivity index (χ2v) is 14.1. The van der Waals surface area contributed by atoms with Crippen molar-refractivity contribution in [3.8, 4) is 0 Å². The van der Waals surface area contributed by atoms with E-state index in [2.05, 4.69) is 93.6 Å². The molecule has 1 heterocycles. The Hall–Kier alpha value is -2.24. The predicted molar refractivity (Wildman–Crippen MR) is 137 cm³/mol. The van der Waals surface area contributed by atoms with E-state index < -0.39 is 8.32 Å². The Bertz CT molecular complexity index is 931. The minimum atomic E-state index is -2.44. The highest BCUT2D eigenvalue weighted by atomic mass is 28.4. The fourth-order valence-electron chi connectivity index (χ4n) is 4.85. The summed E-state index contributed by atoms with van der Waals surface area (Å²) in [5.74, 6) is 0. The highest BCUT2D eigenvalue weighted by Crippen LogP contribution is 2.37. The molecule has 174 valence electrons. The molecule has 1 saturated heterocycles. The molecule has 3 nitrogen and oxygen atoms in total. The zero-order valence-electron chi connectivity index (χ0n) is 20.1. The van der Waals surface area contributed by atoms with Gasteiger partial charge in [-0.25, -0.2) is 0 Å². The van der Waals surface area contributed by atoms with Gasteiger partial charge in [-0.05, 0) is 34.7 Å². The first-order valence-corrected chi connectivity index (χ1v) is 14.0. The van der Waals surface area contributed by atoms with Crippen LogP contribution < -0.4 is 10.4 Å². The van der Waals surface area contributed by atoms with Crippen LogP contribution in [0.4, 0.5) is 0 Å². The van der Waals surface area contributed by atoms with E-state index in [4.69, 9.17) is 13.9 Å². The topological polar surface area (TPSA) is 27.7 Å². The number of ether oxygens (including phenoxy) is 2. The predicted octanol–water partition coefficient (Wildman–Crippen LogP) is 5.85. The molecule has 33 heavy (non-hydrogen) atoms. The van der Waals surface area contributed by atoms with E-state index >= 15 is 0 Å². The van der Waals surface area contributed by atoms with Crippen molar-refractivity contribution in [2.45, 2.75) is 57.5 Å². The van der Waals surface area contributed by atoms with Gasteiger partial charge < -0.3 is 13.9 Å². The summed E-state index contributed by atoms with van der Waals surface area (Å²) in [6, 6.07) is 31.9. The molecule has 1 aliphatic heterocycles. The smallest absolute Gasteiger partial charge is 0.261 e. The third-order valence-corrected chi connectivity index (χ3v) is 11.5. The third-order valence-electron chi connectivity index (χ3n) is 6.48. The molecule has 0 spiro atoms. The van der Waals surface area contributed by atoms with E-state index in [0.717, 1.165) is 31.4 Å². The van der Waals surface area contributed by atoms with Crippen LogP contribution in [0.5, 0.6) is 0 Å². The molecule has 2 atom stereocenters. The van der Waals surface area contributed by atoms with Crippen LogP contribution in [-0.2, 0) is 13.9 Å². The summed E-state index contributed by atoms with van der Waals surface area (Å²) in [4.78, 5) is 0. The van der Waals surface area contributed by atoms with Gasteiger partial charge in [0.1, 0.15) is 0 Å². The molecule has 0 radical (unpaired) electrons. The number of benzene rings is 3. The van der Waals surface area contributed by atoms with Crippen LogP contribution in [0.3, 0.4) is 0 Å². The summed E-state index contributed by atoms with van der Waals surface area (Å²) in [6.45, 7) is 8.39. The van der Waals surface area contributed by atoms with E-state index in [1.807, 2.05) is 18.2 Å². The first-order chi connectivity index (χ1) is 16.0. The summed E-state index contributed by atoms with van der Waals surface area (Å²) in [7, 11) is -2.44. The number of unbranched alkanes of at least 4 members (excludes halogenated alkanes) is 1. The molecule has 3 aromatic rings. The number of hydrogen-bond acceptors (Lipinski definition) is 3. The average molecular weight is 461 g/mol. The maximum absolute atomic E-state index is 6.99. The summed E-state index contributed by atoms with van der Waals surface area (Å²) in [5, 5.41) is 2.69. The van der Waals surface area contributed by atoms with Crippen molar-refractivity contribution in [3.63, 3.8) is 0 Å². The minimum absolute atomic E-state index is 0.0149. The van der Waals surface area contributed by atoms with Crippen molar-refractivity contribution in [3.05, 3.63) is 96.6 Å². The maximum atomic E-state index is 6.99. The highest BCUT2D eigenvalue weighted by molar-refractivity contribution is 6.99. The van der Waals surface area contributed by atoms with Gasteiger partial charge >= 0.3 is 0 Å². The van der Waals surface area contributed by atoms with Crippen molar-refractivity contribution >= 4 is 18.7 Å². The largest absolute Gasteiger partial charge is 0.407 e. The first kappa shape index (κ1) is 23.9. The molecule has 0 saturated carbocycles. The summed E-state index contributed by atoms with van der Waals surface area (Å²) in [6.07, 6.45) is 2.99. The lowest BCUT2D eigenvalue weighted by Gasteiger charge is -2.43. The highest BCUT2D eigenvalue weighted by Gasteiger charge is 2.49. The lowest BCUT2D eigenvalue weighted by molar-refractivity contribution is -0.0614. The summed E-state index contributed by atoms with van der Waals surface area (Å²) in [5.41, 5.74) is 1.09. The van der Waals surface area contributed by atoms with Crippen LogP contribution in [0.25, 0.3) is 0 Å². The fourth-order valence-corrected chi connectivity index (χ4v) is 9.45. The van der Waals surface area contributed by atoms with Gasteiger partial charge in [0.15, 0.2) is 6.29 Å². The van der Waals surface area contributed by atoms with Crippen LogP contribution in [0, 0.1) is 0 Å². The normalized spacial score (nSPS) is 19.0. The molecule has 1 fully saturated rings. The second-order valence-electron chi connectivity index (χ2n) is 9.84.